The summed E-state index contributed by atoms with van der Waals surface area (Å²) < 4.78 is 0. The molecule has 0 fully saturated rings. The van der Waals surface area contributed by atoms with Crippen molar-refractivity contribution in [1.82, 2.24) is 0 Å². The number of rotatable bonds is 18. The molecule has 0 saturated carbocycles. The van der Waals surface area contributed by atoms with Gasteiger partial charge >= 0.3 is 0 Å². The summed E-state index contributed by atoms with van der Waals surface area (Å²) in [6.45, 7) is 34.3. The van der Waals surface area contributed by atoms with E-state index in [1.807, 2.05) is 0 Å². The molecule has 0 radical (unpaired) electrons. The molecular weight excluding hydrogens is 558 g/mol. The maximum atomic E-state index is 2.56. The monoisotopic (exact) mass is 626 g/mol. The predicted octanol–water partition coefficient (Wildman–Crippen LogP) is 11.2. The van der Waals surface area contributed by atoms with E-state index in [1.54, 1.807) is 0 Å². The highest BCUT2D eigenvalue weighted by Crippen LogP contribution is 2.35. The van der Waals surface area contributed by atoms with Gasteiger partial charge in [0.1, 0.15) is 0 Å². The lowest BCUT2D eigenvalue weighted by atomic mass is 9.84. The minimum Gasteiger partial charge on any atom is -0.371 e. The van der Waals surface area contributed by atoms with Crippen molar-refractivity contribution < 1.29 is 0 Å². The first-order chi connectivity index (χ1) is 21.7. The Morgan fingerprint density at radius 2 is 0.478 bits per heavy atom. The van der Waals surface area contributed by atoms with Gasteiger partial charge < -0.3 is 14.7 Å². The van der Waals surface area contributed by atoms with Crippen LogP contribution in [0.2, 0.25) is 0 Å². The van der Waals surface area contributed by atoms with Crippen molar-refractivity contribution in [2.75, 3.05) is 54.0 Å². The molecule has 0 aliphatic rings. The van der Waals surface area contributed by atoms with Crippen LogP contribution in [0.15, 0.2) is 72.8 Å². The second-order valence-electron chi connectivity index (χ2n) is 16.3. The molecule has 3 aromatic carbocycles. The second-order valence-corrected chi connectivity index (χ2v) is 16.3. The lowest BCUT2D eigenvalue weighted by Gasteiger charge is -2.30. The highest BCUT2D eigenvalue weighted by molar-refractivity contribution is 5.56. The van der Waals surface area contributed by atoms with E-state index in [1.165, 1.54) is 33.8 Å². The quantitative estimate of drug-likeness (QED) is 0.130. The van der Waals surface area contributed by atoms with Gasteiger partial charge in [0.15, 0.2) is 0 Å². The van der Waals surface area contributed by atoms with Crippen molar-refractivity contribution in [1.29, 1.82) is 0 Å². The van der Waals surface area contributed by atoms with E-state index in [-0.39, 0.29) is 5.92 Å². The molecule has 0 saturated heterocycles. The molecule has 0 aliphatic carbocycles. The van der Waals surface area contributed by atoms with E-state index in [0.29, 0.717) is 35.5 Å². The fraction of sp³-hybridized carbons (Fsp3) is 0.581. The summed E-state index contributed by atoms with van der Waals surface area (Å²) in [5.74, 6) is 3.92. The number of anilines is 3. The highest BCUT2D eigenvalue weighted by atomic mass is 15.1. The zero-order chi connectivity index (χ0) is 34.0. The molecule has 254 valence electrons. The van der Waals surface area contributed by atoms with Gasteiger partial charge in [0.05, 0.1) is 0 Å². The average molecular weight is 626 g/mol. The molecule has 0 N–H and O–H groups in total. The average Bonchev–Trinajstić information content (AvgIpc) is 2.96. The Hall–Kier alpha value is -2.94. The smallest absolute Gasteiger partial charge is 0.0366 e. The summed E-state index contributed by atoms with van der Waals surface area (Å²) >= 11 is 0. The molecule has 0 aliphatic heterocycles. The van der Waals surface area contributed by atoms with Crippen LogP contribution in [0.4, 0.5) is 17.1 Å². The molecule has 46 heavy (non-hydrogen) atoms. The van der Waals surface area contributed by atoms with E-state index < -0.39 is 0 Å². The summed E-state index contributed by atoms with van der Waals surface area (Å²) in [6.07, 6.45) is 0. The zero-order valence-corrected chi connectivity index (χ0v) is 31.6. The maximum Gasteiger partial charge on any atom is 0.0366 e. The zero-order valence-electron chi connectivity index (χ0n) is 31.6. The van der Waals surface area contributed by atoms with Crippen LogP contribution >= 0.6 is 0 Å². The van der Waals surface area contributed by atoms with Crippen LogP contribution in [0.3, 0.4) is 0 Å². The highest BCUT2D eigenvalue weighted by Gasteiger charge is 2.20. The Morgan fingerprint density at radius 3 is 0.630 bits per heavy atom. The third-order valence-corrected chi connectivity index (χ3v) is 8.29. The Labute approximate surface area is 284 Å². The number of hydrogen-bond donors (Lipinski definition) is 0. The first-order valence-electron chi connectivity index (χ1n) is 18.3. The van der Waals surface area contributed by atoms with Gasteiger partial charge in [-0.15, -0.1) is 0 Å². The number of nitrogens with zero attached hydrogens (tertiary/aromatic N) is 3. The molecule has 0 atom stereocenters. The van der Waals surface area contributed by atoms with Gasteiger partial charge in [0.2, 0.25) is 0 Å². The molecule has 3 nitrogen and oxygen atoms in total. The van der Waals surface area contributed by atoms with Crippen LogP contribution < -0.4 is 14.7 Å². The minimum atomic E-state index is 0.174. The van der Waals surface area contributed by atoms with Crippen molar-refractivity contribution >= 4 is 17.1 Å². The number of hydrogen-bond acceptors (Lipinski definition) is 3. The van der Waals surface area contributed by atoms with Crippen LogP contribution in [-0.4, -0.2) is 39.3 Å². The van der Waals surface area contributed by atoms with E-state index in [4.69, 9.17) is 0 Å². The Morgan fingerprint density at radius 1 is 0.304 bits per heavy atom. The van der Waals surface area contributed by atoms with E-state index in [2.05, 4.69) is 171 Å². The summed E-state index contributed by atoms with van der Waals surface area (Å²) in [5, 5.41) is 0. The summed E-state index contributed by atoms with van der Waals surface area (Å²) in [7, 11) is 0. The fourth-order valence-corrected chi connectivity index (χ4v) is 6.71. The summed E-state index contributed by atoms with van der Waals surface area (Å²) in [6, 6.07) is 28.4. The van der Waals surface area contributed by atoms with Crippen molar-refractivity contribution in [2.45, 2.75) is 89.0 Å². The van der Waals surface area contributed by atoms with Gasteiger partial charge in [-0.05, 0) is 88.6 Å². The van der Waals surface area contributed by atoms with Crippen molar-refractivity contribution in [3.63, 3.8) is 0 Å². The molecule has 0 unspecified atom stereocenters. The summed E-state index contributed by atoms with van der Waals surface area (Å²) in [4.78, 5) is 7.69. The molecule has 3 heteroatoms. The predicted molar refractivity (Wildman–Crippen MR) is 206 cm³/mol. The fourth-order valence-electron chi connectivity index (χ4n) is 6.71. The molecule has 0 aromatic heterocycles. The van der Waals surface area contributed by atoms with Gasteiger partial charge in [-0.25, -0.2) is 0 Å². The number of benzene rings is 3. The van der Waals surface area contributed by atoms with Gasteiger partial charge in [-0.3, -0.25) is 0 Å². The molecular formula is C43H67N3. The minimum absolute atomic E-state index is 0.174. The van der Waals surface area contributed by atoms with Crippen LogP contribution in [0.25, 0.3) is 0 Å². The molecule has 3 aromatic rings. The van der Waals surface area contributed by atoms with Crippen LogP contribution in [-0.2, 0) is 0 Å². The maximum absolute atomic E-state index is 2.56. The summed E-state index contributed by atoms with van der Waals surface area (Å²) in [5.41, 5.74) is 8.02. The third-order valence-electron chi connectivity index (χ3n) is 8.29. The Balaban J connectivity index is 2.05. The van der Waals surface area contributed by atoms with Crippen molar-refractivity contribution in [3.8, 4) is 0 Å². The third kappa shape index (κ3) is 11.7. The van der Waals surface area contributed by atoms with E-state index in [9.17, 15) is 0 Å². The largest absolute Gasteiger partial charge is 0.371 e. The van der Waals surface area contributed by atoms with Crippen LogP contribution in [0, 0.1) is 35.5 Å². The van der Waals surface area contributed by atoms with Crippen LogP contribution in [0.5, 0.6) is 0 Å². The van der Waals surface area contributed by atoms with E-state index >= 15 is 0 Å². The first kappa shape index (κ1) is 37.5. The van der Waals surface area contributed by atoms with Crippen LogP contribution in [0.1, 0.15) is 106 Å². The van der Waals surface area contributed by atoms with Gasteiger partial charge in [-0.1, -0.05) is 119 Å². The lowest BCUT2D eigenvalue weighted by Crippen LogP contribution is -2.31. The molecule has 3 rings (SSSR count). The standard InChI is InChI=1S/C43H67N3/c1-31(2)25-44(26-32(3)4)40-19-13-37(14-20-40)43(38-15-21-41(22-16-38)45(27-33(5)6)28-34(7)8)39-17-23-42(24-18-39)46(29-35(9)10)30-36(11)12/h13-24,31-36,43H,25-30H2,1-12H3. The van der Waals surface area contributed by atoms with Gasteiger partial charge in [0.25, 0.3) is 0 Å². The molecule has 0 bridgehead atoms. The Kier molecular flexibility index (Phi) is 14.5. The van der Waals surface area contributed by atoms with Gasteiger partial charge in [-0.2, -0.15) is 0 Å². The second kappa shape index (κ2) is 17.8. The normalized spacial score (nSPS) is 12.1. The Bertz CT molecular complexity index is 1060. The first-order valence-corrected chi connectivity index (χ1v) is 18.3. The topological polar surface area (TPSA) is 9.72 Å². The molecule has 0 amide bonds. The van der Waals surface area contributed by atoms with Crippen molar-refractivity contribution in [3.05, 3.63) is 89.5 Å². The van der Waals surface area contributed by atoms with E-state index in [0.717, 1.165) is 39.3 Å². The molecule has 0 heterocycles. The van der Waals surface area contributed by atoms with Gasteiger partial charge in [0, 0.05) is 62.2 Å². The van der Waals surface area contributed by atoms with Crippen molar-refractivity contribution in [2.24, 2.45) is 35.5 Å². The lowest BCUT2D eigenvalue weighted by molar-refractivity contribution is 0.552. The SMILES string of the molecule is CC(C)CN(CC(C)C)c1ccc(C(c2ccc(N(CC(C)C)CC(C)C)cc2)c2ccc(N(CC(C)C)CC(C)C)cc2)cc1. The molecule has 0 spiro atoms.